The van der Waals surface area contributed by atoms with Gasteiger partial charge in [-0.1, -0.05) is 267 Å². The Morgan fingerprint density at radius 3 is 1.25 bits per heavy atom. The summed E-state index contributed by atoms with van der Waals surface area (Å²) in [4.78, 5) is 13.1. The highest BCUT2D eigenvalue weighted by Crippen LogP contribution is 2.23. The van der Waals surface area contributed by atoms with Crippen molar-refractivity contribution in [1.29, 1.82) is 0 Å². The molecule has 0 saturated carbocycles. The number of carbonyl (C=O) groups excluding carboxylic acids is 1. The molecule has 1 aliphatic rings. The second kappa shape index (κ2) is 53.3. The van der Waals surface area contributed by atoms with Crippen LogP contribution in [0.15, 0.2) is 60.8 Å². The van der Waals surface area contributed by atoms with Gasteiger partial charge in [-0.3, -0.25) is 4.79 Å². The van der Waals surface area contributed by atoms with Crippen molar-refractivity contribution < 1.29 is 39.8 Å². The Morgan fingerprint density at radius 1 is 0.466 bits per heavy atom. The number of nitrogens with one attached hydrogen (secondary N) is 1. The van der Waals surface area contributed by atoms with Crippen molar-refractivity contribution >= 4 is 5.91 Å². The lowest BCUT2D eigenvalue weighted by Gasteiger charge is -2.40. The van der Waals surface area contributed by atoms with Gasteiger partial charge in [-0.05, 0) is 70.6 Å². The second-order valence-corrected chi connectivity index (χ2v) is 21.5. The number of aliphatic hydroxyl groups is 5. The number of carbonyl (C=O) groups is 1. The van der Waals surface area contributed by atoms with Crippen molar-refractivity contribution in [3.05, 3.63) is 60.8 Å². The third-order valence-corrected chi connectivity index (χ3v) is 14.6. The molecule has 426 valence electrons. The molecule has 0 aromatic carbocycles. The van der Waals surface area contributed by atoms with E-state index < -0.39 is 49.5 Å². The van der Waals surface area contributed by atoms with E-state index in [0.717, 1.165) is 64.2 Å². The van der Waals surface area contributed by atoms with Crippen LogP contribution in [0.2, 0.25) is 0 Å². The van der Waals surface area contributed by atoms with Gasteiger partial charge in [0.05, 0.1) is 25.4 Å². The third kappa shape index (κ3) is 42.7. The number of amides is 1. The summed E-state index contributed by atoms with van der Waals surface area (Å²) in [6, 6.07) is -0.830. The maximum Gasteiger partial charge on any atom is 0.220 e. The van der Waals surface area contributed by atoms with Crippen molar-refractivity contribution in [3.63, 3.8) is 0 Å². The van der Waals surface area contributed by atoms with Gasteiger partial charge in [0.25, 0.3) is 0 Å². The molecule has 9 heteroatoms. The summed E-state index contributed by atoms with van der Waals surface area (Å²) >= 11 is 0. The first-order valence-corrected chi connectivity index (χ1v) is 31.0. The van der Waals surface area contributed by atoms with E-state index >= 15 is 0 Å². The van der Waals surface area contributed by atoms with E-state index in [1.54, 1.807) is 6.08 Å². The highest BCUT2D eigenvalue weighted by Gasteiger charge is 2.44. The maximum absolute atomic E-state index is 13.1. The third-order valence-electron chi connectivity index (χ3n) is 14.6. The zero-order valence-corrected chi connectivity index (χ0v) is 47.4. The fraction of sp³-hybridized carbons (Fsp3) is 0.828. The molecule has 0 aliphatic carbocycles. The Bertz CT molecular complexity index is 1330. The van der Waals surface area contributed by atoms with Crippen LogP contribution in [0, 0.1) is 0 Å². The molecule has 1 rings (SSSR count). The SMILES string of the molecule is CCCCCCC/C=C\C/C=C\C/C=C\CCCCCCCCCCC(=O)NC(COC1OC(CO)C(O)C(O)C1O)C(O)/C=C/CC/C=C/CCCCCCCCCCCCCCCCCCCCCCC. The normalized spacial score (nSPS) is 19.5. The molecule has 0 radical (unpaired) electrons. The first-order valence-electron chi connectivity index (χ1n) is 31.0. The first kappa shape index (κ1) is 68.9. The molecule has 0 aromatic heterocycles. The van der Waals surface area contributed by atoms with Crippen molar-refractivity contribution in [2.75, 3.05) is 13.2 Å². The summed E-state index contributed by atoms with van der Waals surface area (Å²) in [6.45, 7) is 3.77. The van der Waals surface area contributed by atoms with Crippen LogP contribution in [0.4, 0.5) is 0 Å². The predicted molar refractivity (Wildman–Crippen MR) is 309 cm³/mol. The lowest BCUT2D eigenvalue weighted by molar-refractivity contribution is -0.302. The number of rotatable bonds is 53. The second-order valence-electron chi connectivity index (χ2n) is 21.5. The predicted octanol–water partition coefficient (Wildman–Crippen LogP) is 15.9. The quantitative estimate of drug-likeness (QED) is 0.0261. The number of unbranched alkanes of at least 4 members (excludes halogenated alkanes) is 35. The summed E-state index contributed by atoms with van der Waals surface area (Å²) in [7, 11) is 0. The fourth-order valence-electron chi connectivity index (χ4n) is 9.65. The minimum Gasteiger partial charge on any atom is -0.394 e. The van der Waals surface area contributed by atoms with E-state index in [9.17, 15) is 30.3 Å². The van der Waals surface area contributed by atoms with E-state index in [2.05, 4.69) is 67.8 Å². The van der Waals surface area contributed by atoms with Crippen LogP contribution in [0.3, 0.4) is 0 Å². The zero-order valence-electron chi connectivity index (χ0n) is 47.4. The molecule has 1 amide bonds. The first-order chi connectivity index (χ1) is 35.8. The van der Waals surface area contributed by atoms with Crippen LogP contribution >= 0.6 is 0 Å². The Balaban J connectivity index is 2.23. The summed E-state index contributed by atoms with van der Waals surface area (Å²) in [5.41, 5.74) is 0. The molecule has 6 N–H and O–H groups in total. The van der Waals surface area contributed by atoms with Gasteiger partial charge in [0.15, 0.2) is 6.29 Å². The zero-order chi connectivity index (χ0) is 52.9. The average molecular weight is 1030 g/mol. The fourth-order valence-corrected chi connectivity index (χ4v) is 9.65. The molecule has 0 aromatic rings. The topological polar surface area (TPSA) is 149 Å². The Kier molecular flexibility index (Phi) is 50.3. The molecule has 9 nitrogen and oxygen atoms in total. The van der Waals surface area contributed by atoms with E-state index in [-0.39, 0.29) is 12.5 Å². The van der Waals surface area contributed by atoms with Gasteiger partial charge >= 0.3 is 0 Å². The lowest BCUT2D eigenvalue weighted by Crippen LogP contribution is -2.60. The standard InChI is InChI=1S/C64H117NO8/c1-3-5-7-9-11-13-15-17-19-21-23-25-27-28-29-30-32-33-35-37-39-41-43-45-47-49-51-53-58(67)57(56-72-64-63(71)62(70)61(69)59(55-66)73-64)65-60(68)54-52-50-48-46-44-42-40-38-36-34-31-26-24-22-20-18-16-14-12-10-8-6-4-2/h16,18,22,24,31,34,43,45,51,53,57-59,61-64,66-67,69-71H,3-15,17,19-21,23,25-30,32-33,35-42,44,46-50,52,54-56H2,1-2H3,(H,65,68)/b18-16-,24-22-,34-31-,45-43+,53-51+. The molecular formula is C64H117NO8. The van der Waals surface area contributed by atoms with Gasteiger partial charge in [-0.15, -0.1) is 0 Å². The van der Waals surface area contributed by atoms with Crippen LogP contribution < -0.4 is 5.32 Å². The Labute approximate surface area is 449 Å². The largest absolute Gasteiger partial charge is 0.394 e. The van der Waals surface area contributed by atoms with Crippen LogP contribution in [-0.2, 0) is 14.3 Å². The number of allylic oxidation sites excluding steroid dienone is 9. The molecule has 0 spiro atoms. The monoisotopic (exact) mass is 1030 g/mol. The smallest absolute Gasteiger partial charge is 0.220 e. The maximum atomic E-state index is 13.1. The van der Waals surface area contributed by atoms with Crippen molar-refractivity contribution in [3.8, 4) is 0 Å². The number of hydrogen-bond donors (Lipinski definition) is 6. The minimum atomic E-state index is -1.58. The summed E-state index contributed by atoms with van der Waals surface area (Å²) in [6.07, 6.45) is 65.8. The van der Waals surface area contributed by atoms with Gasteiger partial charge < -0.3 is 40.3 Å². The molecule has 0 bridgehead atoms. The van der Waals surface area contributed by atoms with Crippen molar-refractivity contribution in [2.24, 2.45) is 0 Å². The van der Waals surface area contributed by atoms with Gasteiger partial charge in [-0.2, -0.15) is 0 Å². The molecule has 1 heterocycles. The number of aliphatic hydroxyl groups excluding tert-OH is 5. The van der Waals surface area contributed by atoms with Crippen molar-refractivity contribution in [1.82, 2.24) is 5.32 Å². The van der Waals surface area contributed by atoms with Crippen molar-refractivity contribution in [2.45, 2.75) is 326 Å². The molecule has 1 aliphatic heterocycles. The van der Waals surface area contributed by atoms with E-state index in [1.807, 2.05) is 6.08 Å². The molecule has 73 heavy (non-hydrogen) atoms. The molecular weight excluding hydrogens is 911 g/mol. The van der Waals surface area contributed by atoms with Gasteiger partial charge in [0.2, 0.25) is 5.91 Å². The Hall–Kier alpha value is -2.11. The van der Waals surface area contributed by atoms with Crippen LogP contribution in [0.25, 0.3) is 0 Å². The van der Waals surface area contributed by atoms with E-state index in [0.29, 0.717) is 6.42 Å². The summed E-state index contributed by atoms with van der Waals surface area (Å²) < 4.78 is 11.3. The molecule has 7 unspecified atom stereocenters. The average Bonchev–Trinajstić information content (AvgIpc) is 3.39. The highest BCUT2D eigenvalue weighted by molar-refractivity contribution is 5.76. The van der Waals surface area contributed by atoms with Gasteiger partial charge in [0, 0.05) is 6.42 Å². The van der Waals surface area contributed by atoms with Crippen LogP contribution in [0.1, 0.15) is 284 Å². The minimum absolute atomic E-state index is 0.193. The highest BCUT2D eigenvalue weighted by atomic mass is 16.7. The molecule has 1 saturated heterocycles. The van der Waals surface area contributed by atoms with E-state index in [4.69, 9.17) is 9.47 Å². The number of ether oxygens (including phenoxy) is 2. The van der Waals surface area contributed by atoms with Crippen LogP contribution in [0.5, 0.6) is 0 Å². The van der Waals surface area contributed by atoms with E-state index in [1.165, 1.54) is 199 Å². The Morgan fingerprint density at radius 2 is 0.822 bits per heavy atom. The summed E-state index contributed by atoms with van der Waals surface area (Å²) in [5.74, 6) is -0.193. The molecule has 7 atom stereocenters. The van der Waals surface area contributed by atoms with Crippen LogP contribution in [-0.4, -0.2) is 87.5 Å². The van der Waals surface area contributed by atoms with Gasteiger partial charge in [0.1, 0.15) is 24.4 Å². The molecule has 1 fully saturated rings. The summed E-state index contributed by atoms with van der Waals surface area (Å²) in [5, 5.41) is 54.6. The lowest BCUT2D eigenvalue weighted by atomic mass is 9.99. The van der Waals surface area contributed by atoms with Gasteiger partial charge in [-0.25, -0.2) is 0 Å². The number of hydrogen-bond acceptors (Lipinski definition) is 8.